The number of hydrogen-bond donors (Lipinski definition) is 0. The number of fused-ring (bicyclic) bond motifs is 1. The number of ether oxygens (including phenoxy) is 4. The van der Waals surface area contributed by atoms with E-state index in [0.29, 0.717) is 65.9 Å². The summed E-state index contributed by atoms with van der Waals surface area (Å²) in [5.41, 5.74) is 1.65. The third-order valence-electron chi connectivity index (χ3n) is 4.50. The van der Waals surface area contributed by atoms with Crippen molar-refractivity contribution in [2.24, 2.45) is 0 Å². The molecule has 0 saturated heterocycles. The van der Waals surface area contributed by atoms with Gasteiger partial charge < -0.3 is 22.0 Å². The number of hydrogen-bond acceptors (Lipinski definition) is 8. The van der Waals surface area contributed by atoms with Crippen molar-refractivity contribution >= 4 is 51.5 Å². The van der Waals surface area contributed by atoms with Gasteiger partial charge in [-0.25, -0.2) is 19.7 Å². The Labute approximate surface area is 205 Å². The Hall–Kier alpha value is -3.14. The van der Waals surface area contributed by atoms with Crippen LogP contribution in [0.3, 0.4) is 0 Å². The molecule has 0 fully saturated rings. The number of aromatic nitrogens is 2. The lowest BCUT2D eigenvalue weighted by atomic mass is 10.1. The lowest BCUT2D eigenvalue weighted by Gasteiger charge is -2.22. The molecule has 1 heterocycles. The van der Waals surface area contributed by atoms with Crippen molar-refractivity contribution in [2.45, 2.75) is 0 Å². The monoisotopic (exact) mass is 563 g/mol. The second-order valence-corrected chi connectivity index (χ2v) is 7.01. The van der Waals surface area contributed by atoms with Gasteiger partial charge in [0.15, 0.2) is 40.3 Å². The quantitative estimate of drug-likeness (QED) is 0.205. The van der Waals surface area contributed by atoms with Crippen molar-refractivity contribution < 1.29 is 26.8 Å². The maximum absolute atomic E-state index is 12.8. The van der Waals surface area contributed by atoms with E-state index in [1.54, 1.807) is 50.6 Å². The van der Waals surface area contributed by atoms with Crippen molar-refractivity contribution in [1.82, 2.24) is 9.97 Å². The van der Waals surface area contributed by atoms with Gasteiger partial charge in [-0.15, -0.1) is 6.42 Å². The molecule has 0 aliphatic rings. The number of halogens is 1. The Morgan fingerprint density at radius 3 is 2.36 bits per heavy atom. The predicted molar refractivity (Wildman–Crippen MR) is 131 cm³/mol. The number of carbonyl (C=O) groups is 1. The summed E-state index contributed by atoms with van der Waals surface area (Å²) in [7, 11) is 3.18. The zero-order chi connectivity index (χ0) is 23.6. The standard InChI is InChI=1S/C23H22IN3O6/c1-4-16-6-5-7-17(12-16)27(23(28)33-24)22-18-13-20(31-10-8-29-2)21(32-11-9-30-3)14-19(18)25-15-26-22/h1,5-7,12-15H,8-11H2,2-3H3. The molecule has 2 aromatic carbocycles. The highest BCUT2D eigenvalue weighted by Gasteiger charge is 2.24. The second kappa shape index (κ2) is 12.2. The molecule has 0 radical (unpaired) electrons. The maximum Gasteiger partial charge on any atom is 0.429 e. The molecule has 0 aliphatic heterocycles. The molecular formula is C23H22IN3O6. The highest BCUT2D eigenvalue weighted by Crippen LogP contribution is 2.37. The predicted octanol–water partition coefficient (Wildman–Crippen LogP) is 4.29. The lowest BCUT2D eigenvalue weighted by Crippen LogP contribution is -2.25. The zero-order valence-corrected chi connectivity index (χ0v) is 20.3. The molecule has 1 aromatic heterocycles. The van der Waals surface area contributed by atoms with Crippen LogP contribution in [0.1, 0.15) is 5.56 Å². The van der Waals surface area contributed by atoms with E-state index in [1.165, 1.54) is 34.2 Å². The summed E-state index contributed by atoms with van der Waals surface area (Å²) in [6.07, 6.45) is 6.26. The smallest absolute Gasteiger partial charge is 0.429 e. The number of carbonyl (C=O) groups excluding carboxylic acids is 1. The van der Waals surface area contributed by atoms with Crippen LogP contribution in [0.15, 0.2) is 42.7 Å². The van der Waals surface area contributed by atoms with E-state index in [0.717, 1.165) is 0 Å². The highest BCUT2D eigenvalue weighted by atomic mass is 127. The van der Waals surface area contributed by atoms with Crippen LogP contribution in [-0.4, -0.2) is 56.7 Å². The van der Waals surface area contributed by atoms with E-state index in [2.05, 4.69) is 15.9 Å². The SMILES string of the molecule is C#Cc1cccc(N(C(=O)OI)c2ncnc3cc(OCCOC)c(OCCOC)cc23)c1. The minimum atomic E-state index is -0.646. The van der Waals surface area contributed by atoms with Gasteiger partial charge >= 0.3 is 6.09 Å². The third kappa shape index (κ3) is 6.01. The van der Waals surface area contributed by atoms with E-state index in [4.69, 9.17) is 28.4 Å². The zero-order valence-electron chi connectivity index (χ0n) is 18.1. The van der Waals surface area contributed by atoms with Gasteiger partial charge in [-0.1, -0.05) is 12.0 Å². The van der Waals surface area contributed by atoms with Gasteiger partial charge in [0.2, 0.25) is 0 Å². The molecular weight excluding hydrogens is 541 g/mol. The van der Waals surface area contributed by atoms with Crippen LogP contribution in [0.25, 0.3) is 10.9 Å². The van der Waals surface area contributed by atoms with Gasteiger partial charge in [0.05, 0.1) is 24.4 Å². The van der Waals surface area contributed by atoms with E-state index < -0.39 is 6.09 Å². The fourth-order valence-electron chi connectivity index (χ4n) is 3.01. The van der Waals surface area contributed by atoms with Gasteiger partial charge in [-0.2, -0.15) is 0 Å². The van der Waals surface area contributed by atoms with Crippen molar-refractivity contribution in [3.05, 3.63) is 48.3 Å². The molecule has 0 saturated carbocycles. The molecule has 0 spiro atoms. The summed E-state index contributed by atoms with van der Waals surface area (Å²) in [4.78, 5) is 22.8. The van der Waals surface area contributed by atoms with Crippen LogP contribution in [0, 0.1) is 12.3 Å². The minimum absolute atomic E-state index is 0.301. The summed E-state index contributed by atoms with van der Waals surface area (Å²) in [5.74, 6) is 3.80. The molecule has 9 nitrogen and oxygen atoms in total. The third-order valence-corrected chi connectivity index (χ3v) is 4.88. The number of nitrogens with zero attached hydrogens (tertiary/aromatic N) is 3. The van der Waals surface area contributed by atoms with E-state index in [1.807, 2.05) is 0 Å². The highest BCUT2D eigenvalue weighted by molar-refractivity contribution is 14.1. The first-order chi connectivity index (χ1) is 16.1. The van der Waals surface area contributed by atoms with Crippen molar-refractivity contribution in [1.29, 1.82) is 0 Å². The van der Waals surface area contributed by atoms with Crippen LogP contribution in [0.2, 0.25) is 0 Å². The summed E-state index contributed by atoms with van der Waals surface area (Å²) in [5, 5.41) is 0.553. The van der Waals surface area contributed by atoms with Gasteiger partial charge in [0, 0.05) is 31.2 Å². The summed E-state index contributed by atoms with van der Waals surface area (Å²) in [6, 6.07) is 10.4. The van der Waals surface area contributed by atoms with Crippen LogP contribution in [0.5, 0.6) is 11.5 Å². The van der Waals surface area contributed by atoms with Gasteiger partial charge in [0.25, 0.3) is 0 Å². The number of methoxy groups -OCH3 is 2. The van der Waals surface area contributed by atoms with Crippen LogP contribution in [-0.2, 0) is 12.5 Å². The average Bonchev–Trinajstić information content (AvgIpc) is 2.84. The molecule has 3 aromatic rings. The lowest BCUT2D eigenvalue weighted by molar-refractivity contribution is 0.132. The Kier molecular flexibility index (Phi) is 9.05. The van der Waals surface area contributed by atoms with Crippen molar-refractivity contribution in [3.63, 3.8) is 0 Å². The minimum Gasteiger partial charge on any atom is -0.487 e. The molecule has 0 aliphatic carbocycles. The van der Waals surface area contributed by atoms with Gasteiger partial charge in [-0.05, 0) is 24.3 Å². The van der Waals surface area contributed by atoms with Crippen molar-refractivity contribution in [2.75, 3.05) is 45.5 Å². The average molecular weight is 563 g/mol. The topological polar surface area (TPSA) is 92.2 Å². The largest absolute Gasteiger partial charge is 0.487 e. The number of terminal acetylenes is 1. The van der Waals surface area contributed by atoms with Gasteiger partial charge in [0.1, 0.15) is 19.5 Å². The van der Waals surface area contributed by atoms with Crippen LogP contribution in [0.4, 0.5) is 16.3 Å². The van der Waals surface area contributed by atoms with Crippen LogP contribution < -0.4 is 14.4 Å². The first-order valence-electron chi connectivity index (χ1n) is 9.84. The Bertz CT molecular complexity index is 1150. The molecule has 0 bridgehead atoms. The van der Waals surface area contributed by atoms with E-state index >= 15 is 0 Å². The Morgan fingerprint density at radius 1 is 1.03 bits per heavy atom. The van der Waals surface area contributed by atoms with E-state index in [9.17, 15) is 4.79 Å². The summed E-state index contributed by atoms with van der Waals surface area (Å²) < 4.78 is 26.8. The number of anilines is 2. The molecule has 1 amide bonds. The van der Waals surface area contributed by atoms with Crippen LogP contribution >= 0.6 is 23.0 Å². The first kappa shape index (κ1) is 24.5. The summed E-state index contributed by atoms with van der Waals surface area (Å²) >= 11 is 1.53. The Morgan fingerprint density at radius 2 is 1.73 bits per heavy atom. The normalized spacial score (nSPS) is 10.5. The Balaban J connectivity index is 2.14. The van der Waals surface area contributed by atoms with Gasteiger partial charge in [-0.3, -0.25) is 0 Å². The van der Waals surface area contributed by atoms with E-state index in [-0.39, 0.29) is 0 Å². The molecule has 3 rings (SSSR count). The molecule has 0 atom stereocenters. The first-order valence-corrected chi connectivity index (χ1v) is 10.7. The molecule has 0 N–H and O–H groups in total. The summed E-state index contributed by atoms with van der Waals surface area (Å²) in [6.45, 7) is 1.42. The number of rotatable bonds is 10. The number of amides is 1. The maximum atomic E-state index is 12.8. The molecule has 172 valence electrons. The fraction of sp³-hybridized carbons (Fsp3) is 0.261. The molecule has 10 heteroatoms. The number of benzene rings is 2. The second-order valence-electron chi connectivity index (χ2n) is 6.57. The molecule has 0 unspecified atom stereocenters. The fourth-order valence-corrected chi connectivity index (χ4v) is 3.20. The molecule has 33 heavy (non-hydrogen) atoms. The van der Waals surface area contributed by atoms with Crippen molar-refractivity contribution in [3.8, 4) is 23.8 Å².